The van der Waals surface area contributed by atoms with Crippen molar-refractivity contribution in [2.24, 2.45) is 34.0 Å². The molecule has 4 aliphatic rings. The summed E-state index contributed by atoms with van der Waals surface area (Å²) in [5, 5.41) is 11.4. The summed E-state index contributed by atoms with van der Waals surface area (Å²) in [5.74, 6) is 3.57. The van der Waals surface area contributed by atoms with Crippen molar-refractivity contribution in [1.82, 2.24) is 0 Å². The molecule has 1 aromatic rings. The highest BCUT2D eigenvalue weighted by molar-refractivity contribution is 9.10. The zero-order valence-electron chi connectivity index (χ0n) is 11.3. The molecule has 0 radical (unpaired) electrons. The first-order valence-corrected chi connectivity index (χ1v) is 8.58. The van der Waals surface area contributed by atoms with Gasteiger partial charge in [-0.05, 0) is 67.2 Å². The molecule has 1 aromatic carbocycles. The van der Waals surface area contributed by atoms with Gasteiger partial charge in [-0.15, -0.1) is 0 Å². The molecule has 0 spiro atoms. The Hall–Kier alpha value is -0.900. The Labute approximate surface area is 127 Å². The minimum Gasteiger partial charge on any atom is -0.242 e. The van der Waals surface area contributed by atoms with E-state index in [0.717, 1.165) is 28.1 Å². The second-order valence-electron chi connectivity index (χ2n) is 6.83. The van der Waals surface area contributed by atoms with E-state index in [1.54, 1.807) is 0 Å². The van der Waals surface area contributed by atoms with Gasteiger partial charge < -0.3 is 0 Å². The Kier molecular flexibility index (Phi) is 2.38. The number of anilines is 1. The molecule has 0 N–H and O–H groups in total. The fourth-order valence-corrected chi connectivity index (χ4v) is 5.77. The van der Waals surface area contributed by atoms with Gasteiger partial charge in [-0.2, -0.15) is 5.11 Å². The summed E-state index contributed by atoms with van der Waals surface area (Å²) in [6.45, 7) is 0. The Morgan fingerprint density at radius 1 is 1.00 bits per heavy atom. The highest BCUT2D eigenvalue weighted by Gasteiger charge is 2.62. The van der Waals surface area contributed by atoms with Crippen LogP contribution in [0.1, 0.15) is 25.7 Å². The van der Waals surface area contributed by atoms with E-state index in [9.17, 15) is 0 Å². The number of hydrogen-bond donors (Lipinski definition) is 0. The van der Waals surface area contributed by atoms with Crippen LogP contribution in [0.15, 0.2) is 39.1 Å². The van der Waals surface area contributed by atoms with E-state index in [1.807, 2.05) is 0 Å². The van der Waals surface area contributed by atoms with Gasteiger partial charge in [0.25, 0.3) is 0 Å². The number of fused-ring (bicyclic) bond motifs is 8. The molecule has 3 nitrogen and oxygen atoms in total. The van der Waals surface area contributed by atoms with Crippen LogP contribution in [0.3, 0.4) is 0 Å². The summed E-state index contributed by atoms with van der Waals surface area (Å²) in [4.78, 5) is 0. The van der Waals surface area contributed by atoms with Crippen molar-refractivity contribution < 1.29 is 0 Å². The highest BCUT2D eigenvalue weighted by Crippen LogP contribution is 2.62. The fraction of sp³-hybridized carbons (Fsp3) is 0.625. The second kappa shape index (κ2) is 4.06. The average Bonchev–Trinajstić information content (AvgIpc) is 3.18. The average molecular weight is 332 g/mol. The van der Waals surface area contributed by atoms with E-state index in [1.165, 1.54) is 31.4 Å². The first kappa shape index (κ1) is 11.7. The number of benzene rings is 1. The van der Waals surface area contributed by atoms with Crippen LogP contribution in [0.5, 0.6) is 0 Å². The van der Waals surface area contributed by atoms with Crippen LogP contribution in [0.25, 0.3) is 0 Å². The van der Waals surface area contributed by atoms with Crippen LogP contribution < -0.4 is 5.01 Å². The van der Waals surface area contributed by atoms with Gasteiger partial charge in [0, 0.05) is 4.47 Å². The van der Waals surface area contributed by atoms with Gasteiger partial charge in [0.1, 0.15) is 0 Å². The third-order valence-electron chi connectivity index (χ3n) is 6.15. The third kappa shape index (κ3) is 1.41. The van der Waals surface area contributed by atoms with E-state index in [2.05, 4.69) is 55.5 Å². The summed E-state index contributed by atoms with van der Waals surface area (Å²) < 4.78 is 1.12. The molecule has 3 aliphatic carbocycles. The molecular formula is C16H18BrN3. The van der Waals surface area contributed by atoms with E-state index >= 15 is 0 Å². The summed E-state index contributed by atoms with van der Waals surface area (Å²) in [5.41, 5.74) is 1.20. The van der Waals surface area contributed by atoms with Crippen molar-refractivity contribution in [2.75, 3.05) is 5.01 Å². The predicted molar refractivity (Wildman–Crippen MR) is 81.5 cm³/mol. The lowest BCUT2D eigenvalue weighted by Crippen LogP contribution is -2.44. The van der Waals surface area contributed by atoms with Crippen LogP contribution in [0.2, 0.25) is 0 Å². The molecule has 20 heavy (non-hydrogen) atoms. The summed E-state index contributed by atoms with van der Waals surface area (Å²) in [6.07, 6.45) is 5.74. The molecule has 4 heteroatoms. The lowest BCUT2D eigenvalue weighted by atomic mass is 9.76. The Morgan fingerprint density at radius 3 is 2.55 bits per heavy atom. The van der Waals surface area contributed by atoms with E-state index in [0.29, 0.717) is 12.1 Å². The van der Waals surface area contributed by atoms with Gasteiger partial charge in [0.15, 0.2) is 0 Å². The first-order valence-electron chi connectivity index (χ1n) is 7.78. The molecule has 0 unspecified atom stereocenters. The maximum Gasteiger partial charge on any atom is 0.0987 e. The van der Waals surface area contributed by atoms with Crippen LogP contribution in [0.4, 0.5) is 5.69 Å². The van der Waals surface area contributed by atoms with Gasteiger partial charge >= 0.3 is 0 Å². The minimum absolute atomic E-state index is 0.475. The van der Waals surface area contributed by atoms with E-state index in [-0.39, 0.29) is 0 Å². The number of halogens is 1. The highest BCUT2D eigenvalue weighted by atomic mass is 79.9. The van der Waals surface area contributed by atoms with Crippen LogP contribution >= 0.6 is 15.9 Å². The van der Waals surface area contributed by atoms with Gasteiger partial charge in [0.05, 0.1) is 17.8 Å². The van der Waals surface area contributed by atoms with Crippen molar-refractivity contribution in [3.05, 3.63) is 28.7 Å². The van der Waals surface area contributed by atoms with Gasteiger partial charge in [-0.3, -0.25) is 0 Å². The molecule has 104 valence electrons. The van der Waals surface area contributed by atoms with Crippen molar-refractivity contribution in [3.63, 3.8) is 0 Å². The summed E-state index contributed by atoms with van der Waals surface area (Å²) in [7, 11) is 0. The number of nitrogens with zero attached hydrogens (tertiary/aromatic N) is 3. The fourth-order valence-electron chi connectivity index (χ4n) is 5.51. The molecule has 6 atom stereocenters. The van der Waals surface area contributed by atoms with Crippen molar-refractivity contribution in [2.45, 2.75) is 37.8 Å². The molecule has 5 rings (SSSR count). The molecule has 1 aliphatic heterocycles. The predicted octanol–water partition coefficient (Wildman–Crippen LogP) is 4.44. The zero-order chi connectivity index (χ0) is 13.3. The van der Waals surface area contributed by atoms with Gasteiger partial charge in [-0.25, -0.2) is 5.01 Å². The van der Waals surface area contributed by atoms with Gasteiger partial charge in [-0.1, -0.05) is 27.6 Å². The topological polar surface area (TPSA) is 28.0 Å². The smallest absolute Gasteiger partial charge is 0.0987 e. The quantitative estimate of drug-likeness (QED) is 0.747. The molecule has 3 fully saturated rings. The lowest BCUT2D eigenvalue weighted by Gasteiger charge is -2.35. The zero-order valence-corrected chi connectivity index (χ0v) is 12.9. The number of hydrogen-bond acceptors (Lipinski definition) is 3. The normalized spacial score (nSPS) is 44.1. The van der Waals surface area contributed by atoms with Crippen LogP contribution in [-0.4, -0.2) is 12.1 Å². The lowest BCUT2D eigenvalue weighted by molar-refractivity contribution is 0.217. The second-order valence-corrected chi connectivity index (χ2v) is 7.74. The van der Waals surface area contributed by atoms with Crippen LogP contribution in [0, 0.1) is 23.7 Å². The van der Waals surface area contributed by atoms with Crippen molar-refractivity contribution >= 4 is 21.6 Å². The maximum absolute atomic E-state index is 4.66. The van der Waals surface area contributed by atoms with Crippen molar-refractivity contribution in [3.8, 4) is 0 Å². The van der Waals surface area contributed by atoms with E-state index < -0.39 is 0 Å². The largest absolute Gasteiger partial charge is 0.242 e. The first-order chi connectivity index (χ1) is 9.83. The van der Waals surface area contributed by atoms with E-state index in [4.69, 9.17) is 0 Å². The molecule has 3 saturated carbocycles. The Morgan fingerprint density at radius 2 is 1.75 bits per heavy atom. The molecular weight excluding hydrogens is 314 g/mol. The van der Waals surface area contributed by atoms with Gasteiger partial charge in [0.2, 0.25) is 0 Å². The maximum atomic E-state index is 4.66. The Bertz CT molecular complexity index is 570. The number of rotatable bonds is 1. The standard InChI is InChI=1S/C16H18BrN3/c17-9-4-6-10(7-5-9)20-16-14-8-13(15(16)18-19-20)11-2-1-3-12(11)14/h4-7,11-16H,1-3,8H2/t11-,12-,13+,14-,15-,16-/m0/s1. The molecule has 2 bridgehead atoms. The molecule has 1 heterocycles. The Balaban J connectivity index is 1.50. The molecule has 0 saturated heterocycles. The van der Waals surface area contributed by atoms with Crippen LogP contribution in [-0.2, 0) is 0 Å². The molecule has 0 amide bonds. The monoisotopic (exact) mass is 331 g/mol. The van der Waals surface area contributed by atoms with Crippen molar-refractivity contribution in [1.29, 1.82) is 0 Å². The SMILES string of the molecule is Brc1ccc(N2N=N[C@H]3[C@@H]4C[C@@H]([C@H]5CCC[C@@H]54)[C@@H]32)cc1. The summed E-state index contributed by atoms with van der Waals surface area (Å²) in [6, 6.07) is 9.53. The molecule has 0 aromatic heterocycles. The minimum atomic E-state index is 0.475. The third-order valence-corrected chi connectivity index (χ3v) is 6.68. The summed E-state index contributed by atoms with van der Waals surface area (Å²) >= 11 is 3.51.